The standard InChI is InChI=1S/C12H10Cl2N2O2/c1-15-6-5-11(17)16(12(15)18)7-8-9(13)3-2-4-10(8)14/h2-6H,7H2,1H3. The zero-order valence-electron chi connectivity index (χ0n) is 9.56. The highest BCUT2D eigenvalue weighted by Crippen LogP contribution is 2.24. The Labute approximate surface area is 113 Å². The summed E-state index contributed by atoms with van der Waals surface area (Å²) in [4.78, 5) is 23.5. The molecular formula is C12H10Cl2N2O2. The Balaban J connectivity index is 2.57. The maximum atomic E-state index is 11.9. The predicted octanol–water partition coefficient (Wildman–Crippen LogP) is 1.90. The van der Waals surface area contributed by atoms with Gasteiger partial charge in [-0.25, -0.2) is 4.79 Å². The number of nitrogens with zero attached hydrogens (tertiary/aromatic N) is 2. The lowest BCUT2D eigenvalue weighted by Crippen LogP contribution is -2.38. The van der Waals surface area contributed by atoms with Gasteiger partial charge < -0.3 is 4.57 Å². The third-order valence-corrected chi connectivity index (χ3v) is 3.33. The smallest absolute Gasteiger partial charge is 0.303 e. The Morgan fingerprint density at radius 3 is 2.33 bits per heavy atom. The van der Waals surface area contributed by atoms with Gasteiger partial charge in [-0.15, -0.1) is 0 Å². The molecule has 0 aliphatic rings. The quantitative estimate of drug-likeness (QED) is 0.846. The van der Waals surface area contributed by atoms with E-state index in [4.69, 9.17) is 23.2 Å². The second-order valence-corrected chi connectivity index (χ2v) is 4.65. The summed E-state index contributed by atoms with van der Waals surface area (Å²) in [6.45, 7) is 0.0604. The first kappa shape index (κ1) is 12.9. The SMILES string of the molecule is Cn1ccc(=O)n(Cc2c(Cl)cccc2Cl)c1=O. The van der Waals surface area contributed by atoms with Gasteiger partial charge in [-0.1, -0.05) is 29.3 Å². The number of hydrogen-bond acceptors (Lipinski definition) is 2. The molecule has 2 aromatic rings. The van der Waals surface area contributed by atoms with Crippen LogP contribution in [-0.2, 0) is 13.6 Å². The summed E-state index contributed by atoms with van der Waals surface area (Å²) >= 11 is 12.0. The molecule has 18 heavy (non-hydrogen) atoms. The number of hydrogen-bond donors (Lipinski definition) is 0. The first-order valence-electron chi connectivity index (χ1n) is 5.20. The van der Waals surface area contributed by atoms with E-state index in [1.165, 1.54) is 16.8 Å². The van der Waals surface area contributed by atoms with Crippen LogP contribution < -0.4 is 11.2 Å². The lowest BCUT2D eigenvalue weighted by Gasteiger charge is -2.09. The Hall–Kier alpha value is -1.52. The third-order valence-electron chi connectivity index (χ3n) is 2.62. The van der Waals surface area contributed by atoms with E-state index in [2.05, 4.69) is 0 Å². The van der Waals surface area contributed by atoms with E-state index in [-0.39, 0.29) is 12.1 Å². The molecule has 1 aromatic carbocycles. The summed E-state index contributed by atoms with van der Waals surface area (Å²) in [5, 5.41) is 0.862. The van der Waals surface area contributed by atoms with Gasteiger partial charge in [0.05, 0.1) is 6.54 Å². The molecule has 0 bridgehead atoms. The van der Waals surface area contributed by atoms with E-state index in [9.17, 15) is 9.59 Å². The molecule has 0 saturated carbocycles. The highest BCUT2D eigenvalue weighted by Gasteiger charge is 2.09. The minimum atomic E-state index is -0.404. The molecule has 0 N–H and O–H groups in total. The molecule has 94 valence electrons. The molecule has 6 heteroatoms. The van der Waals surface area contributed by atoms with Crippen LogP contribution in [0.15, 0.2) is 40.1 Å². The maximum absolute atomic E-state index is 11.9. The first-order valence-corrected chi connectivity index (χ1v) is 5.95. The van der Waals surface area contributed by atoms with Crippen LogP contribution in [0.25, 0.3) is 0 Å². The van der Waals surface area contributed by atoms with Crippen molar-refractivity contribution in [3.8, 4) is 0 Å². The maximum Gasteiger partial charge on any atom is 0.331 e. The highest BCUT2D eigenvalue weighted by atomic mass is 35.5. The van der Waals surface area contributed by atoms with Crippen molar-refractivity contribution in [1.82, 2.24) is 9.13 Å². The monoisotopic (exact) mass is 284 g/mol. The second-order valence-electron chi connectivity index (χ2n) is 3.83. The Kier molecular flexibility index (Phi) is 3.59. The largest absolute Gasteiger partial charge is 0.331 e. The molecule has 0 atom stereocenters. The molecule has 0 unspecified atom stereocenters. The van der Waals surface area contributed by atoms with Crippen molar-refractivity contribution >= 4 is 23.2 Å². The summed E-state index contributed by atoms with van der Waals surface area (Å²) in [6, 6.07) is 6.37. The number of halogens is 2. The Bertz CT molecular complexity index is 684. The van der Waals surface area contributed by atoms with E-state index in [1.54, 1.807) is 25.2 Å². The van der Waals surface area contributed by atoms with Gasteiger partial charge in [-0.05, 0) is 12.1 Å². The molecule has 0 radical (unpaired) electrons. The summed E-state index contributed by atoms with van der Waals surface area (Å²) < 4.78 is 2.42. The summed E-state index contributed by atoms with van der Waals surface area (Å²) in [5.41, 5.74) is -0.223. The summed E-state index contributed by atoms with van der Waals surface area (Å²) in [7, 11) is 1.58. The zero-order chi connectivity index (χ0) is 13.3. The highest BCUT2D eigenvalue weighted by molar-refractivity contribution is 6.35. The molecular weight excluding hydrogens is 275 g/mol. The fourth-order valence-electron chi connectivity index (χ4n) is 1.60. The fourth-order valence-corrected chi connectivity index (χ4v) is 2.12. The Morgan fingerprint density at radius 1 is 1.11 bits per heavy atom. The van der Waals surface area contributed by atoms with Gasteiger partial charge >= 0.3 is 5.69 Å². The molecule has 2 rings (SSSR count). The van der Waals surface area contributed by atoms with Crippen molar-refractivity contribution in [2.24, 2.45) is 7.05 Å². The normalized spacial score (nSPS) is 10.6. The van der Waals surface area contributed by atoms with Crippen molar-refractivity contribution in [1.29, 1.82) is 0 Å². The van der Waals surface area contributed by atoms with Crippen LogP contribution in [0.3, 0.4) is 0 Å². The average molecular weight is 285 g/mol. The van der Waals surface area contributed by atoms with Gasteiger partial charge in [-0.2, -0.15) is 0 Å². The van der Waals surface area contributed by atoms with Crippen LogP contribution in [0.1, 0.15) is 5.56 Å². The lowest BCUT2D eigenvalue weighted by atomic mass is 10.2. The van der Waals surface area contributed by atoms with Crippen LogP contribution in [0, 0.1) is 0 Å². The van der Waals surface area contributed by atoms with E-state index in [0.29, 0.717) is 15.6 Å². The molecule has 1 heterocycles. The van der Waals surface area contributed by atoms with E-state index >= 15 is 0 Å². The van der Waals surface area contributed by atoms with Crippen LogP contribution in [0.2, 0.25) is 10.0 Å². The molecule has 0 aliphatic carbocycles. The van der Waals surface area contributed by atoms with Gasteiger partial charge in [0.15, 0.2) is 0 Å². The molecule has 0 saturated heterocycles. The fraction of sp³-hybridized carbons (Fsp3) is 0.167. The van der Waals surface area contributed by atoms with E-state index in [1.807, 2.05) is 0 Å². The summed E-state index contributed by atoms with van der Waals surface area (Å²) in [5.74, 6) is 0. The lowest BCUT2D eigenvalue weighted by molar-refractivity contribution is 0.640. The number of aryl methyl sites for hydroxylation is 1. The van der Waals surface area contributed by atoms with Crippen LogP contribution in [-0.4, -0.2) is 9.13 Å². The minimum absolute atomic E-state index is 0.0604. The van der Waals surface area contributed by atoms with Crippen LogP contribution in [0.4, 0.5) is 0 Å². The number of aromatic nitrogens is 2. The third kappa shape index (κ3) is 2.35. The Morgan fingerprint density at radius 2 is 1.72 bits per heavy atom. The van der Waals surface area contributed by atoms with Crippen LogP contribution >= 0.6 is 23.2 Å². The van der Waals surface area contributed by atoms with Crippen LogP contribution in [0.5, 0.6) is 0 Å². The topological polar surface area (TPSA) is 44.0 Å². The molecule has 0 fully saturated rings. The van der Waals surface area contributed by atoms with Crippen molar-refractivity contribution in [3.63, 3.8) is 0 Å². The molecule has 0 spiro atoms. The molecule has 0 aliphatic heterocycles. The van der Waals surface area contributed by atoms with E-state index in [0.717, 1.165) is 4.57 Å². The second kappa shape index (κ2) is 5.00. The van der Waals surface area contributed by atoms with Gasteiger partial charge in [0, 0.05) is 34.9 Å². The van der Waals surface area contributed by atoms with Crippen molar-refractivity contribution in [2.75, 3.05) is 0 Å². The summed E-state index contributed by atoms with van der Waals surface area (Å²) in [6.07, 6.45) is 1.43. The molecule has 1 aromatic heterocycles. The minimum Gasteiger partial charge on any atom is -0.303 e. The van der Waals surface area contributed by atoms with E-state index < -0.39 is 5.69 Å². The number of benzene rings is 1. The zero-order valence-corrected chi connectivity index (χ0v) is 11.1. The van der Waals surface area contributed by atoms with Gasteiger partial charge in [0.1, 0.15) is 0 Å². The van der Waals surface area contributed by atoms with Gasteiger partial charge in [0.25, 0.3) is 5.56 Å². The van der Waals surface area contributed by atoms with Gasteiger partial charge in [-0.3, -0.25) is 9.36 Å². The molecule has 0 amide bonds. The molecule has 4 nitrogen and oxygen atoms in total. The van der Waals surface area contributed by atoms with Crippen molar-refractivity contribution in [2.45, 2.75) is 6.54 Å². The number of rotatable bonds is 2. The van der Waals surface area contributed by atoms with Gasteiger partial charge in [0.2, 0.25) is 0 Å². The average Bonchev–Trinajstić information content (AvgIpc) is 2.33. The van der Waals surface area contributed by atoms with Crippen molar-refractivity contribution < 1.29 is 0 Å². The van der Waals surface area contributed by atoms with Crippen molar-refractivity contribution in [3.05, 3.63) is 66.9 Å². The first-order chi connectivity index (χ1) is 8.50. The predicted molar refractivity (Wildman–Crippen MR) is 71.5 cm³/mol.